The van der Waals surface area contributed by atoms with Gasteiger partial charge in [0.15, 0.2) is 0 Å². The Morgan fingerprint density at radius 2 is 1.88 bits per heavy atom. The molecule has 0 spiro atoms. The molecule has 2 N–H and O–H groups in total. The van der Waals surface area contributed by atoms with Crippen molar-refractivity contribution in [3.05, 3.63) is 71.0 Å². The molecule has 3 nitrogen and oxygen atoms in total. The Hall–Kier alpha value is -2.43. The lowest BCUT2D eigenvalue weighted by molar-refractivity contribution is 0.239. The minimum Gasteiger partial charge on any atom is -0.338 e. The van der Waals surface area contributed by atoms with Crippen LogP contribution in [-0.2, 0) is 6.42 Å². The molecule has 24 heavy (non-hydrogen) atoms. The largest absolute Gasteiger partial charge is 0.338 e. The van der Waals surface area contributed by atoms with Gasteiger partial charge in [0.1, 0.15) is 12.5 Å². The van der Waals surface area contributed by atoms with Crippen molar-refractivity contribution in [3.8, 4) is 0 Å². The van der Waals surface area contributed by atoms with Crippen LogP contribution in [0.15, 0.2) is 48.5 Å². The topological polar surface area (TPSA) is 41.1 Å². The van der Waals surface area contributed by atoms with E-state index in [1.165, 1.54) is 12.1 Å². The summed E-state index contributed by atoms with van der Waals surface area (Å²) in [6.45, 7) is 1.84. The molecule has 5 heteroatoms. The van der Waals surface area contributed by atoms with Gasteiger partial charge in [0.2, 0.25) is 0 Å². The molecule has 0 aliphatic carbocycles. The summed E-state index contributed by atoms with van der Waals surface area (Å²) in [5, 5.41) is 5.22. The monoisotopic (exact) mass is 332 g/mol. The summed E-state index contributed by atoms with van der Waals surface area (Å²) in [4.78, 5) is 11.7. The van der Waals surface area contributed by atoms with Crippen molar-refractivity contribution in [1.29, 1.82) is 0 Å². The van der Waals surface area contributed by atoms with E-state index in [2.05, 4.69) is 16.7 Å². The first-order valence-electron chi connectivity index (χ1n) is 7.97. The van der Waals surface area contributed by atoms with E-state index in [9.17, 15) is 13.6 Å². The number of hydrogen-bond donors (Lipinski definition) is 2. The van der Waals surface area contributed by atoms with Crippen LogP contribution in [0.4, 0.5) is 13.6 Å². The first kappa shape index (κ1) is 17.9. The highest BCUT2D eigenvalue weighted by Crippen LogP contribution is 2.21. The van der Waals surface area contributed by atoms with Crippen molar-refractivity contribution in [2.24, 2.45) is 0 Å². The molecule has 0 heterocycles. The lowest BCUT2D eigenvalue weighted by atomic mass is 9.91. The second-order valence-corrected chi connectivity index (χ2v) is 5.77. The molecule has 128 valence electrons. The van der Waals surface area contributed by atoms with Crippen molar-refractivity contribution in [1.82, 2.24) is 10.6 Å². The van der Waals surface area contributed by atoms with Crippen LogP contribution in [0.25, 0.3) is 0 Å². The van der Waals surface area contributed by atoms with Crippen LogP contribution in [-0.4, -0.2) is 25.8 Å². The molecular formula is C19H22F2N2O. The number of rotatable bonds is 7. The lowest BCUT2D eigenvalue weighted by Gasteiger charge is -2.19. The van der Waals surface area contributed by atoms with Gasteiger partial charge in [0.05, 0.1) is 0 Å². The number of carbonyl (C=O) groups excluding carboxylic acids is 1. The number of halogens is 2. The van der Waals surface area contributed by atoms with Gasteiger partial charge < -0.3 is 10.6 Å². The first-order valence-corrected chi connectivity index (χ1v) is 7.97. The summed E-state index contributed by atoms with van der Waals surface area (Å²) < 4.78 is 25.2. The third-order valence-corrected chi connectivity index (χ3v) is 3.80. The molecule has 2 amide bonds. The van der Waals surface area contributed by atoms with Gasteiger partial charge in [0, 0.05) is 19.0 Å². The predicted molar refractivity (Wildman–Crippen MR) is 91.4 cm³/mol. The average molecular weight is 332 g/mol. The Morgan fingerprint density at radius 3 is 2.54 bits per heavy atom. The minimum absolute atomic E-state index is 0.00108. The van der Waals surface area contributed by atoms with Gasteiger partial charge in [-0.1, -0.05) is 42.0 Å². The van der Waals surface area contributed by atoms with E-state index >= 15 is 0 Å². The van der Waals surface area contributed by atoms with Gasteiger partial charge in [-0.15, -0.1) is 0 Å². The number of urea groups is 1. The Bertz CT molecular complexity index is 659. The van der Waals surface area contributed by atoms with Crippen LogP contribution in [0.3, 0.4) is 0 Å². The fourth-order valence-electron chi connectivity index (χ4n) is 2.58. The van der Waals surface area contributed by atoms with Crippen LogP contribution in [0.1, 0.15) is 22.6 Å². The number of alkyl halides is 1. The van der Waals surface area contributed by atoms with Gasteiger partial charge in [-0.05, 0) is 36.6 Å². The Labute approximate surface area is 141 Å². The van der Waals surface area contributed by atoms with Crippen LogP contribution < -0.4 is 10.6 Å². The fourth-order valence-corrected chi connectivity index (χ4v) is 2.58. The fraction of sp³-hybridized carbons (Fsp3) is 0.316. The summed E-state index contributed by atoms with van der Waals surface area (Å²) in [6.07, 6.45) is 0.674. The van der Waals surface area contributed by atoms with Crippen LogP contribution >= 0.6 is 0 Å². The molecule has 2 aromatic carbocycles. The lowest BCUT2D eigenvalue weighted by Crippen LogP contribution is -2.39. The SMILES string of the molecule is Cc1cccc(C(CNC(=O)NCCF)Cc2ccc(F)cc2)c1. The molecule has 0 saturated carbocycles. The Morgan fingerprint density at radius 1 is 1.12 bits per heavy atom. The first-order chi connectivity index (χ1) is 11.6. The van der Waals surface area contributed by atoms with E-state index < -0.39 is 6.67 Å². The number of hydrogen-bond acceptors (Lipinski definition) is 1. The molecule has 0 aliphatic heterocycles. The zero-order valence-corrected chi connectivity index (χ0v) is 13.7. The van der Waals surface area contributed by atoms with E-state index in [1.54, 1.807) is 12.1 Å². The third kappa shape index (κ3) is 5.65. The van der Waals surface area contributed by atoms with E-state index in [-0.39, 0.29) is 24.3 Å². The average Bonchev–Trinajstić information content (AvgIpc) is 2.58. The zero-order valence-electron chi connectivity index (χ0n) is 13.7. The zero-order chi connectivity index (χ0) is 17.4. The number of nitrogens with one attached hydrogen (secondary N) is 2. The van der Waals surface area contributed by atoms with Crippen molar-refractivity contribution in [2.45, 2.75) is 19.3 Å². The van der Waals surface area contributed by atoms with E-state index in [0.29, 0.717) is 13.0 Å². The highest BCUT2D eigenvalue weighted by Gasteiger charge is 2.14. The summed E-state index contributed by atoms with van der Waals surface area (Å²) >= 11 is 0. The molecule has 0 fully saturated rings. The maximum absolute atomic E-state index is 13.1. The summed E-state index contributed by atoms with van der Waals surface area (Å²) in [6, 6.07) is 14.1. The maximum atomic E-state index is 13.1. The smallest absolute Gasteiger partial charge is 0.314 e. The molecule has 0 aromatic heterocycles. The van der Waals surface area contributed by atoms with Gasteiger partial charge in [-0.2, -0.15) is 0 Å². The van der Waals surface area contributed by atoms with Crippen LogP contribution in [0, 0.1) is 12.7 Å². The maximum Gasteiger partial charge on any atom is 0.314 e. The van der Waals surface area contributed by atoms with Crippen molar-refractivity contribution in [2.75, 3.05) is 19.8 Å². The van der Waals surface area contributed by atoms with Crippen molar-refractivity contribution < 1.29 is 13.6 Å². The number of carbonyl (C=O) groups is 1. The van der Waals surface area contributed by atoms with Gasteiger partial charge in [0.25, 0.3) is 0 Å². The molecule has 2 aromatic rings. The van der Waals surface area contributed by atoms with Crippen LogP contribution in [0.2, 0.25) is 0 Å². The van der Waals surface area contributed by atoms with E-state index in [4.69, 9.17) is 0 Å². The van der Waals surface area contributed by atoms with Crippen LogP contribution in [0.5, 0.6) is 0 Å². The van der Waals surface area contributed by atoms with E-state index in [1.807, 2.05) is 25.1 Å². The Balaban J connectivity index is 2.09. The number of aryl methyl sites for hydroxylation is 1. The van der Waals surface area contributed by atoms with Gasteiger partial charge >= 0.3 is 6.03 Å². The minimum atomic E-state index is -0.593. The second kappa shape index (κ2) is 9.01. The second-order valence-electron chi connectivity index (χ2n) is 5.77. The molecule has 0 aliphatic rings. The summed E-state index contributed by atoms with van der Waals surface area (Å²) in [5.41, 5.74) is 3.23. The number of amides is 2. The Kier molecular flexibility index (Phi) is 6.73. The van der Waals surface area contributed by atoms with Crippen molar-refractivity contribution >= 4 is 6.03 Å². The number of benzene rings is 2. The molecule has 0 radical (unpaired) electrons. The highest BCUT2D eigenvalue weighted by atomic mass is 19.1. The highest BCUT2D eigenvalue weighted by molar-refractivity contribution is 5.73. The quantitative estimate of drug-likeness (QED) is 0.797. The predicted octanol–water partition coefficient (Wildman–Crippen LogP) is 3.73. The van der Waals surface area contributed by atoms with Crippen molar-refractivity contribution in [3.63, 3.8) is 0 Å². The van der Waals surface area contributed by atoms with E-state index in [0.717, 1.165) is 16.7 Å². The normalized spacial score (nSPS) is 11.8. The standard InChI is InChI=1S/C19H22F2N2O/c1-14-3-2-4-16(11-14)17(13-23-19(24)22-10-9-20)12-15-5-7-18(21)8-6-15/h2-8,11,17H,9-10,12-13H2,1H3,(H2,22,23,24). The van der Waals surface area contributed by atoms with Gasteiger partial charge in [-0.25, -0.2) is 13.6 Å². The third-order valence-electron chi connectivity index (χ3n) is 3.80. The summed E-state index contributed by atoms with van der Waals surface area (Å²) in [5.74, 6) is -0.221. The molecule has 0 bridgehead atoms. The molecule has 1 atom stereocenters. The summed E-state index contributed by atoms with van der Waals surface area (Å²) in [7, 11) is 0. The molecule has 0 saturated heterocycles. The molecule has 1 unspecified atom stereocenters. The van der Waals surface area contributed by atoms with Gasteiger partial charge in [-0.3, -0.25) is 0 Å². The molecular weight excluding hydrogens is 310 g/mol. The molecule has 2 rings (SSSR count).